The fraction of sp³-hybridized carbons (Fsp3) is 0.167. The van der Waals surface area contributed by atoms with Gasteiger partial charge in [-0.15, -0.1) is 11.3 Å². The Kier molecular flexibility index (Phi) is 4.94. The van der Waals surface area contributed by atoms with Gasteiger partial charge in [-0.3, -0.25) is 0 Å². The van der Waals surface area contributed by atoms with Gasteiger partial charge >= 0.3 is 0 Å². The van der Waals surface area contributed by atoms with Crippen LogP contribution >= 0.6 is 43.2 Å². The Bertz CT molecular complexity index is 591. The topological polar surface area (TPSA) is 35.2 Å². The van der Waals surface area contributed by atoms with Gasteiger partial charge in [-0.2, -0.15) is 4.39 Å². The lowest BCUT2D eigenvalue weighted by Gasteiger charge is -2.17. The number of nitrogens with two attached hydrogens (primary N) is 1. The first-order chi connectivity index (χ1) is 9.01. The fourth-order valence-corrected chi connectivity index (χ4v) is 3.37. The third-order valence-corrected chi connectivity index (χ3v) is 4.53. The predicted molar refractivity (Wildman–Crippen MR) is 78.5 cm³/mol. The lowest BCUT2D eigenvalue weighted by atomic mass is 10.2. The summed E-state index contributed by atoms with van der Waals surface area (Å²) in [6.45, 7) is 0.167. The minimum absolute atomic E-state index is 0.160. The highest BCUT2D eigenvalue weighted by molar-refractivity contribution is 9.11. The Balaban J connectivity index is 2.28. The molecule has 19 heavy (non-hydrogen) atoms. The highest BCUT2D eigenvalue weighted by Crippen LogP contribution is 2.33. The quantitative estimate of drug-likeness (QED) is 0.743. The molecule has 0 aliphatic heterocycles. The molecular formula is C12H9Br2F2NOS. The number of hydrogen-bond donors (Lipinski definition) is 1. The number of hydrogen-bond acceptors (Lipinski definition) is 3. The van der Waals surface area contributed by atoms with Crippen LogP contribution in [0.5, 0.6) is 5.75 Å². The van der Waals surface area contributed by atoms with Crippen LogP contribution in [0, 0.1) is 11.6 Å². The Morgan fingerprint density at radius 3 is 2.58 bits per heavy atom. The zero-order valence-electron chi connectivity index (χ0n) is 9.50. The Morgan fingerprint density at radius 2 is 2.00 bits per heavy atom. The van der Waals surface area contributed by atoms with E-state index in [1.54, 1.807) is 0 Å². The van der Waals surface area contributed by atoms with E-state index in [-0.39, 0.29) is 12.3 Å². The van der Waals surface area contributed by atoms with Crippen molar-refractivity contribution in [1.29, 1.82) is 0 Å². The van der Waals surface area contributed by atoms with E-state index < -0.39 is 17.7 Å². The van der Waals surface area contributed by atoms with Crippen LogP contribution in [0.15, 0.2) is 32.5 Å². The molecule has 1 heterocycles. The molecule has 0 saturated carbocycles. The van der Waals surface area contributed by atoms with Crippen LogP contribution in [-0.2, 0) is 0 Å². The summed E-state index contributed by atoms with van der Waals surface area (Å²) < 4.78 is 33.7. The standard InChI is InChI=1S/C12H9Br2F2NOS/c13-6-3-7(15)12(16)8(4-6)18-9(5-17)10-1-2-11(14)19-10/h1-4,9H,5,17H2. The second-order valence-electron chi connectivity index (χ2n) is 3.68. The highest BCUT2D eigenvalue weighted by atomic mass is 79.9. The SMILES string of the molecule is NCC(Oc1cc(Br)cc(F)c1F)c1ccc(Br)s1. The molecule has 0 fully saturated rings. The molecule has 1 aromatic carbocycles. The average Bonchev–Trinajstić information content (AvgIpc) is 2.78. The summed E-state index contributed by atoms with van der Waals surface area (Å²) in [5.41, 5.74) is 5.63. The van der Waals surface area contributed by atoms with E-state index in [9.17, 15) is 8.78 Å². The van der Waals surface area contributed by atoms with Crippen LogP contribution in [-0.4, -0.2) is 6.54 Å². The number of ether oxygens (including phenoxy) is 1. The summed E-state index contributed by atoms with van der Waals surface area (Å²) in [5.74, 6) is -2.14. The minimum Gasteiger partial charge on any atom is -0.480 e. The molecule has 2 aromatic rings. The molecular weight excluding hydrogens is 404 g/mol. The van der Waals surface area contributed by atoms with Gasteiger partial charge in [-0.25, -0.2) is 4.39 Å². The van der Waals surface area contributed by atoms with E-state index in [2.05, 4.69) is 31.9 Å². The smallest absolute Gasteiger partial charge is 0.200 e. The van der Waals surface area contributed by atoms with Crippen LogP contribution in [0.3, 0.4) is 0 Å². The van der Waals surface area contributed by atoms with Gasteiger partial charge in [0.15, 0.2) is 11.6 Å². The number of thiophene rings is 1. The molecule has 2 rings (SSSR count). The van der Waals surface area contributed by atoms with E-state index in [1.165, 1.54) is 17.4 Å². The molecule has 0 radical (unpaired) electrons. The monoisotopic (exact) mass is 411 g/mol. The van der Waals surface area contributed by atoms with Crippen molar-refractivity contribution in [3.8, 4) is 5.75 Å². The largest absolute Gasteiger partial charge is 0.480 e. The van der Waals surface area contributed by atoms with Crippen molar-refractivity contribution in [2.24, 2.45) is 5.73 Å². The molecule has 0 bridgehead atoms. The third-order valence-electron chi connectivity index (χ3n) is 2.35. The van der Waals surface area contributed by atoms with Gasteiger partial charge in [-0.1, -0.05) is 15.9 Å². The van der Waals surface area contributed by atoms with Gasteiger partial charge < -0.3 is 10.5 Å². The maximum Gasteiger partial charge on any atom is 0.200 e. The highest BCUT2D eigenvalue weighted by Gasteiger charge is 2.18. The molecule has 2 N–H and O–H groups in total. The van der Waals surface area contributed by atoms with E-state index in [0.717, 1.165) is 14.7 Å². The zero-order chi connectivity index (χ0) is 14.0. The maximum atomic E-state index is 13.6. The maximum absolute atomic E-state index is 13.6. The van der Waals surface area contributed by atoms with Crippen LogP contribution in [0.1, 0.15) is 11.0 Å². The molecule has 1 aromatic heterocycles. The molecule has 0 aliphatic carbocycles. The number of rotatable bonds is 4. The summed E-state index contributed by atoms with van der Waals surface area (Å²) in [5, 5.41) is 0. The van der Waals surface area contributed by atoms with Crippen LogP contribution in [0.25, 0.3) is 0 Å². The van der Waals surface area contributed by atoms with Gasteiger partial charge in [0.25, 0.3) is 0 Å². The first-order valence-corrected chi connectivity index (χ1v) is 7.68. The summed E-state index contributed by atoms with van der Waals surface area (Å²) in [6.07, 6.45) is -0.514. The molecule has 1 unspecified atom stereocenters. The van der Waals surface area contributed by atoms with Gasteiger partial charge in [0.05, 0.1) is 3.79 Å². The lowest BCUT2D eigenvalue weighted by Crippen LogP contribution is -2.18. The molecule has 1 atom stereocenters. The first-order valence-electron chi connectivity index (χ1n) is 5.27. The van der Waals surface area contributed by atoms with Gasteiger partial charge in [-0.05, 0) is 40.2 Å². The molecule has 0 amide bonds. The first kappa shape index (κ1) is 14.9. The van der Waals surface area contributed by atoms with Gasteiger partial charge in [0, 0.05) is 15.9 Å². The van der Waals surface area contributed by atoms with Crippen molar-refractivity contribution in [3.63, 3.8) is 0 Å². The molecule has 0 spiro atoms. The van der Waals surface area contributed by atoms with E-state index in [4.69, 9.17) is 10.5 Å². The van der Waals surface area contributed by atoms with Crippen molar-refractivity contribution < 1.29 is 13.5 Å². The van der Waals surface area contributed by atoms with Crippen molar-refractivity contribution >= 4 is 43.2 Å². The Hall–Kier alpha value is -0.500. The van der Waals surface area contributed by atoms with Crippen molar-refractivity contribution in [2.45, 2.75) is 6.10 Å². The Labute approximate surface area is 129 Å². The van der Waals surface area contributed by atoms with E-state index in [1.807, 2.05) is 12.1 Å². The summed E-state index contributed by atoms with van der Waals surface area (Å²) >= 11 is 7.87. The second-order valence-corrected chi connectivity index (χ2v) is 7.09. The van der Waals surface area contributed by atoms with Gasteiger partial charge in [0.2, 0.25) is 5.82 Å². The molecule has 0 aliphatic rings. The second kappa shape index (κ2) is 6.30. The summed E-state index contributed by atoms with van der Waals surface area (Å²) in [6, 6.07) is 6.10. The average molecular weight is 413 g/mol. The predicted octanol–water partition coefficient (Wildman–Crippen LogP) is 4.63. The third kappa shape index (κ3) is 3.53. The molecule has 102 valence electrons. The van der Waals surface area contributed by atoms with E-state index >= 15 is 0 Å². The van der Waals surface area contributed by atoms with Crippen LogP contribution in [0.2, 0.25) is 0 Å². The van der Waals surface area contributed by atoms with Crippen molar-refractivity contribution in [2.75, 3.05) is 6.54 Å². The fourth-order valence-electron chi connectivity index (χ4n) is 1.50. The van der Waals surface area contributed by atoms with Gasteiger partial charge in [0.1, 0.15) is 6.10 Å². The van der Waals surface area contributed by atoms with Crippen LogP contribution < -0.4 is 10.5 Å². The molecule has 0 saturated heterocycles. The van der Waals surface area contributed by atoms with Crippen molar-refractivity contribution in [3.05, 3.63) is 49.0 Å². The summed E-state index contributed by atoms with van der Waals surface area (Å²) in [4.78, 5) is 0.842. The molecule has 2 nitrogen and oxygen atoms in total. The zero-order valence-corrected chi connectivity index (χ0v) is 13.5. The normalized spacial score (nSPS) is 12.5. The van der Waals surface area contributed by atoms with E-state index in [0.29, 0.717) is 4.47 Å². The summed E-state index contributed by atoms with van der Waals surface area (Å²) in [7, 11) is 0. The molecule has 7 heteroatoms. The Morgan fingerprint density at radius 1 is 1.26 bits per heavy atom. The number of halogens is 4. The van der Waals surface area contributed by atoms with Crippen molar-refractivity contribution in [1.82, 2.24) is 0 Å². The number of benzene rings is 1. The lowest BCUT2D eigenvalue weighted by molar-refractivity contribution is 0.205. The minimum atomic E-state index is -1.02. The van der Waals surface area contributed by atoms with Crippen LogP contribution in [0.4, 0.5) is 8.78 Å².